The SMILES string of the molecule is COc1c2cc(P(c3cc4c(OC)c(c3)COCCOCCOCCOCCOC4)c3cc4c(OC)c(c3)COCCOCCOCCOCCOC4)cc1COCCOCCOCCOCCOC2. The lowest BCUT2D eigenvalue weighted by Crippen LogP contribution is -2.25. The number of hydrogen-bond acceptors (Lipinski definition) is 18. The summed E-state index contributed by atoms with van der Waals surface area (Å²) in [6, 6.07) is 13.1. The third kappa shape index (κ3) is 19.4. The molecule has 3 aromatic rings. The largest absolute Gasteiger partial charge is 0.496 e. The Morgan fingerprint density at radius 1 is 0.243 bits per heavy atom. The van der Waals surface area contributed by atoms with E-state index in [1.54, 1.807) is 21.3 Å². The summed E-state index contributed by atoms with van der Waals surface area (Å²) in [5.74, 6) is 2.08. The second-order valence-corrected chi connectivity index (χ2v) is 18.3. The molecule has 0 radical (unpaired) electrons. The van der Waals surface area contributed by atoms with Crippen molar-refractivity contribution >= 4 is 23.8 Å². The molecule has 6 rings (SSSR count). The standard InChI is InChI=1S/C51H75O18P/c1-52-49-40-28-46(29-41(49)35-65-23-17-59-11-5-55-4-10-58-16-22-64-34-40)70(47-30-42-36-66-24-18-60-12-6-56-7-13-61-19-25-67-37-43(31-47)50(42)53-2)48-32-44-38-68-26-20-62-14-8-57-9-15-63-21-27-69-39-45(33-48)51(44)54-3/h28-33H,4-27,34-39H2,1-3H3. The topological polar surface area (TPSA) is 166 Å². The van der Waals surface area contributed by atoms with E-state index in [0.717, 1.165) is 49.3 Å². The minimum atomic E-state index is -1.42. The van der Waals surface area contributed by atoms with E-state index in [1.807, 2.05) is 0 Å². The highest BCUT2D eigenvalue weighted by Gasteiger charge is 2.27. The van der Waals surface area contributed by atoms with Crippen LogP contribution < -0.4 is 30.1 Å². The Labute approximate surface area is 414 Å². The van der Waals surface area contributed by atoms with Gasteiger partial charge < -0.3 is 85.3 Å². The van der Waals surface area contributed by atoms with Gasteiger partial charge in [0.1, 0.15) is 17.2 Å². The lowest BCUT2D eigenvalue weighted by Gasteiger charge is -2.27. The van der Waals surface area contributed by atoms with Crippen LogP contribution in [0.15, 0.2) is 36.4 Å². The molecular weight excluding hydrogens is 932 g/mol. The van der Waals surface area contributed by atoms with Gasteiger partial charge in [-0.05, 0) is 60.2 Å². The van der Waals surface area contributed by atoms with Crippen LogP contribution in [0.25, 0.3) is 0 Å². The summed E-state index contributed by atoms with van der Waals surface area (Å²) in [5, 5.41) is 3.07. The van der Waals surface area contributed by atoms with Gasteiger partial charge in [-0.25, -0.2) is 0 Å². The van der Waals surface area contributed by atoms with Crippen LogP contribution in [0.5, 0.6) is 17.2 Å². The van der Waals surface area contributed by atoms with Crippen LogP contribution >= 0.6 is 7.92 Å². The number of benzene rings is 3. The third-order valence-electron chi connectivity index (χ3n) is 11.1. The molecule has 0 fully saturated rings. The number of ether oxygens (including phenoxy) is 18. The van der Waals surface area contributed by atoms with Crippen molar-refractivity contribution in [3.63, 3.8) is 0 Å². The predicted octanol–water partition coefficient (Wildman–Crippen LogP) is 3.76. The van der Waals surface area contributed by atoms with Crippen LogP contribution in [0.3, 0.4) is 0 Å². The Morgan fingerprint density at radius 2 is 0.386 bits per heavy atom. The van der Waals surface area contributed by atoms with Crippen LogP contribution in [0.2, 0.25) is 0 Å². The van der Waals surface area contributed by atoms with Gasteiger partial charge >= 0.3 is 0 Å². The van der Waals surface area contributed by atoms with Crippen LogP contribution in [0, 0.1) is 0 Å². The Hall–Kier alpha value is -3.11. The molecule has 6 bridgehead atoms. The molecule has 0 aliphatic carbocycles. The zero-order valence-corrected chi connectivity index (χ0v) is 42.4. The van der Waals surface area contributed by atoms with Crippen LogP contribution in [0.1, 0.15) is 33.4 Å². The van der Waals surface area contributed by atoms with Crippen LogP contribution in [0.4, 0.5) is 0 Å². The minimum absolute atomic E-state index is 0.268. The summed E-state index contributed by atoms with van der Waals surface area (Å²) in [6.45, 7) is 11.9. The molecule has 19 heteroatoms. The fourth-order valence-corrected chi connectivity index (χ4v) is 10.5. The summed E-state index contributed by atoms with van der Waals surface area (Å²) < 4.78 is 108. The maximum atomic E-state index is 6.30. The number of hydrogen-bond donors (Lipinski definition) is 0. The summed E-state index contributed by atoms with van der Waals surface area (Å²) in [5.41, 5.74) is 5.20. The zero-order chi connectivity index (χ0) is 48.7. The molecule has 0 atom stereocenters. The van der Waals surface area contributed by atoms with Crippen molar-refractivity contribution in [1.29, 1.82) is 0 Å². The van der Waals surface area contributed by atoms with E-state index in [0.29, 0.717) is 176 Å². The number of rotatable bonds is 6. The Morgan fingerprint density at radius 3 is 0.529 bits per heavy atom. The van der Waals surface area contributed by atoms with Crippen molar-refractivity contribution in [2.45, 2.75) is 39.6 Å². The molecule has 0 saturated carbocycles. The summed E-state index contributed by atoms with van der Waals surface area (Å²) in [6.07, 6.45) is 0. The number of methoxy groups -OCH3 is 3. The van der Waals surface area contributed by atoms with E-state index in [1.165, 1.54) is 0 Å². The smallest absolute Gasteiger partial charge is 0.129 e. The fourth-order valence-electron chi connectivity index (χ4n) is 7.90. The number of fused-ring (bicyclic) bond motifs is 6. The molecule has 3 aromatic carbocycles. The van der Waals surface area contributed by atoms with E-state index in [-0.39, 0.29) is 39.6 Å². The molecule has 0 unspecified atom stereocenters. The molecule has 3 heterocycles. The molecule has 0 aromatic heterocycles. The lowest BCUT2D eigenvalue weighted by molar-refractivity contribution is -0.0147. The molecule has 3 aliphatic heterocycles. The summed E-state index contributed by atoms with van der Waals surface area (Å²) in [4.78, 5) is 0. The molecular formula is C51H75O18P. The summed E-state index contributed by atoms with van der Waals surface area (Å²) in [7, 11) is 3.62. The Balaban J connectivity index is 1.49. The van der Waals surface area contributed by atoms with E-state index in [9.17, 15) is 0 Å². The maximum Gasteiger partial charge on any atom is 0.129 e. The highest BCUT2D eigenvalue weighted by molar-refractivity contribution is 7.79. The third-order valence-corrected chi connectivity index (χ3v) is 13.4. The van der Waals surface area contributed by atoms with Crippen molar-refractivity contribution in [3.8, 4) is 17.2 Å². The van der Waals surface area contributed by atoms with Gasteiger partial charge in [-0.15, -0.1) is 0 Å². The van der Waals surface area contributed by atoms with Crippen LogP contribution in [-0.2, 0) is 111 Å². The van der Waals surface area contributed by atoms with Crippen molar-refractivity contribution in [2.24, 2.45) is 0 Å². The quantitative estimate of drug-likeness (QED) is 0.328. The van der Waals surface area contributed by atoms with Gasteiger partial charge in [-0.2, -0.15) is 0 Å². The lowest BCUT2D eigenvalue weighted by atomic mass is 10.1. The minimum Gasteiger partial charge on any atom is -0.496 e. The highest BCUT2D eigenvalue weighted by atomic mass is 31.1. The summed E-state index contributed by atoms with van der Waals surface area (Å²) >= 11 is 0. The van der Waals surface area contributed by atoms with E-state index >= 15 is 0 Å². The average molecular weight is 1010 g/mol. The normalized spacial score (nSPS) is 20.1. The molecule has 18 nitrogen and oxygen atoms in total. The zero-order valence-electron chi connectivity index (χ0n) is 41.5. The van der Waals surface area contributed by atoms with Crippen molar-refractivity contribution in [1.82, 2.24) is 0 Å². The molecule has 70 heavy (non-hydrogen) atoms. The van der Waals surface area contributed by atoms with Gasteiger partial charge in [-0.1, -0.05) is 0 Å². The first kappa shape index (κ1) is 56.2. The van der Waals surface area contributed by atoms with Gasteiger partial charge in [0.25, 0.3) is 0 Å². The van der Waals surface area contributed by atoms with Gasteiger partial charge in [0.15, 0.2) is 0 Å². The molecule has 0 N–H and O–H groups in total. The van der Waals surface area contributed by atoms with Crippen molar-refractivity contribution < 1.29 is 85.3 Å². The Bertz CT molecular complexity index is 1580. The van der Waals surface area contributed by atoms with E-state index < -0.39 is 7.92 Å². The monoisotopic (exact) mass is 1010 g/mol. The van der Waals surface area contributed by atoms with Crippen molar-refractivity contribution in [2.75, 3.05) is 180 Å². The van der Waals surface area contributed by atoms with Gasteiger partial charge in [0.05, 0.1) is 220 Å². The molecule has 3 aliphatic rings. The predicted molar refractivity (Wildman–Crippen MR) is 260 cm³/mol. The maximum absolute atomic E-state index is 6.30. The molecule has 392 valence electrons. The van der Waals surface area contributed by atoms with Crippen molar-refractivity contribution in [3.05, 3.63) is 69.8 Å². The van der Waals surface area contributed by atoms with Crippen LogP contribution in [-0.4, -0.2) is 180 Å². The van der Waals surface area contributed by atoms with E-state index in [2.05, 4.69) is 36.4 Å². The molecule has 0 saturated heterocycles. The second-order valence-electron chi connectivity index (χ2n) is 16.1. The van der Waals surface area contributed by atoms with Gasteiger partial charge in [0.2, 0.25) is 0 Å². The fraction of sp³-hybridized carbons (Fsp3) is 0.647. The average Bonchev–Trinajstić information content (AvgIpc) is 3.36. The molecule has 0 spiro atoms. The molecule has 0 amide bonds. The van der Waals surface area contributed by atoms with Gasteiger partial charge in [0, 0.05) is 33.4 Å². The first-order chi connectivity index (χ1) is 34.7. The van der Waals surface area contributed by atoms with E-state index in [4.69, 9.17) is 85.3 Å². The first-order valence-electron chi connectivity index (χ1n) is 24.3. The first-order valence-corrected chi connectivity index (χ1v) is 25.6. The highest BCUT2D eigenvalue weighted by Crippen LogP contribution is 2.41. The second kappa shape index (κ2) is 34.3. The Kier molecular flexibility index (Phi) is 27.6. The van der Waals surface area contributed by atoms with Gasteiger partial charge in [-0.3, -0.25) is 0 Å².